The first kappa shape index (κ1) is 17.3. The van der Waals surface area contributed by atoms with Crippen molar-refractivity contribution < 1.29 is 32.5 Å². The Morgan fingerprint density at radius 2 is 1.94 bits per heavy atom. The van der Waals surface area contributed by atoms with Crippen LogP contribution >= 0.6 is 7.82 Å². The van der Waals surface area contributed by atoms with E-state index >= 15 is 0 Å². The van der Waals surface area contributed by atoms with Crippen molar-refractivity contribution in [3.05, 3.63) is 12.2 Å². The van der Waals surface area contributed by atoms with Crippen LogP contribution in [-0.2, 0) is 23.1 Å². The first-order chi connectivity index (χ1) is 8.16. The molecular weight excluding hydrogens is 261 g/mol. The van der Waals surface area contributed by atoms with Crippen LogP contribution in [0.2, 0.25) is 0 Å². The number of ether oxygens (including phenoxy) is 1. The average Bonchev–Trinajstić information content (AvgIpc) is 2.21. The van der Waals surface area contributed by atoms with Crippen LogP contribution in [0.25, 0.3) is 0 Å². The molecular formula is C10H21NO6P+. The van der Waals surface area contributed by atoms with Gasteiger partial charge in [0, 0.05) is 6.08 Å². The van der Waals surface area contributed by atoms with Crippen LogP contribution in [0.3, 0.4) is 0 Å². The van der Waals surface area contributed by atoms with E-state index in [4.69, 9.17) is 4.52 Å². The first-order valence-electron chi connectivity index (χ1n) is 5.33. The topological polar surface area (TPSA) is 82.1 Å². The van der Waals surface area contributed by atoms with Crippen LogP contribution in [0.4, 0.5) is 0 Å². The number of nitrogens with zero attached hydrogens (tertiary/aromatic N) is 1. The number of rotatable bonds is 8. The normalized spacial score (nSPS) is 15.6. The van der Waals surface area contributed by atoms with Crippen LogP contribution in [0.1, 0.15) is 0 Å². The third kappa shape index (κ3) is 10.4. The summed E-state index contributed by atoms with van der Waals surface area (Å²) in [5.41, 5.74) is 0. The fraction of sp³-hybridized carbons (Fsp3) is 0.700. The van der Waals surface area contributed by atoms with Gasteiger partial charge in [-0.2, -0.15) is 0 Å². The number of hydrogen-bond donors (Lipinski definition) is 1. The Bertz CT molecular complexity index is 336. The molecule has 0 aliphatic rings. The number of likely N-dealkylation sites (N-methyl/N-ethyl adjacent to an activating group) is 1. The molecule has 0 amide bonds. The molecule has 0 spiro atoms. The summed E-state index contributed by atoms with van der Waals surface area (Å²) in [5, 5.41) is 0. The lowest BCUT2D eigenvalue weighted by Gasteiger charge is -2.23. The quantitative estimate of drug-likeness (QED) is 0.303. The van der Waals surface area contributed by atoms with Crippen molar-refractivity contribution in [1.29, 1.82) is 0 Å². The number of phosphoric acid groups is 1. The molecule has 0 radical (unpaired) electrons. The minimum Gasteiger partial charge on any atom is -0.466 e. The highest BCUT2D eigenvalue weighted by Gasteiger charge is 2.21. The average molecular weight is 282 g/mol. The molecule has 0 aliphatic heterocycles. The highest BCUT2D eigenvalue weighted by Crippen LogP contribution is 2.42. The van der Waals surface area contributed by atoms with E-state index in [-0.39, 0.29) is 13.2 Å². The molecule has 1 atom stereocenters. The molecule has 0 aromatic carbocycles. The van der Waals surface area contributed by atoms with E-state index in [0.717, 1.165) is 6.08 Å². The van der Waals surface area contributed by atoms with Crippen LogP contribution in [0.5, 0.6) is 0 Å². The predicted octanol–water partition coefficient (Wildman–Crippen LogP) is 0.555. The molecule has 0 aliphatic carbocycles. The van der Waals surface area contributed by atoms with E-state index in [9.17, 15) is 14.3 Å². The van der Waals surface area contributed by atoms with Crippen molar-refractivity contribution in [2.75, 3.05) is 48.0 Å². The Kier molecular flexibility index (Phi) is 7.35. The van der Waals surface area contributed by atoms with Gasteiger partial charge >= 0.3 is 13.8 Å². The lowest BCUT2D eigenvalue weighted by molar-refractivity contribution is -0.870. The predicted molar refractivity (Wildman–Crippen MR) is 65.8 cm³/mol. The lowest BCUT2D eigenvalue weighted by Crippen LogP contribution is -2.37. The number of carbonyl (C=O) groups is 1. The molecule has 1 N–H and O–H groups in total. The molecule has 7 nitrogen and oxygen atoms in total. The number of quaternary nitrogens is 1. The van der Waals surface area contributed by atoms with E-state index in [0.29, 0.717) is 11.0 Å². The zero-order valence-corrected chi connectivity index (χ0v) is 12.1. The summed E-state index contributed by atoms with van der Waals surface area (Å²) in [7, 11) is 2.98. The number of methoxy groups -OCH3 is 1. The molecule has 8 heteroatoms. The highest BCUT2D eigenvalue weighted by molar-refractivity contribution is 7.47. The molecule has 0 saturated heterocycles. The molecule has 1 unspecified atom stereocenters. The third-order valence-electron chi connectivity index (χ3n) is 1.81. The van der Waals surface area contributed by atoms with Crippen molar-refractivity contribution in [2.45, 2.75) is 0 Å². The number of carbonyl (C=O) groups excluding carboxylic acids is 1. The molecule has 0 aromatic rings. The van der Waals surface area contributed by atoms with Crippen LogP contribution in [0, 0.1) is 0 Å². The van der Waals surface area contributed by atoms with Gasteiger partial charge in [0.2, 0.25) is 0 Å². The van der Waals surface area contributed by atoms with Crippen molar-refractivity contribution >= 4 is 13.8 Å². The Morgan fingerprint density at radius 3 is 2.44 bits per heavy atom. The second kappa shape index (κ2) is 7.66. The summed E-state index contributed by atoms with van der Waals surface area (Å²) in [6.45, 7) is 0.483. The van der Waals surface area contributed by atoms with Gasteiger partial charge in [-0.1, -0.05) is 6.08 Å². The van der Waals surface area contributed by atoms with Gasteiger partial charge in [0.15, 0.2) is 0 Å². The third-order valence-corrected chi connectivity index (χ3v) is 2.79. The fourth-order valence-corrected chi connectivity index (χ4v) is 1.48. The second-order valence-corrected chi connectivity index (χ2v) is 5.99. The first-order valence-corrected chi connectivity index (χ1v) is 6.83. The summed E-state index contributed by atoms with van der Waals surface area (Å²) in [6, 6.07) is 0. The molecule has 106 valence electrons. The van der Waals surface area contributed by atoms with E-state index in [1.807, 2.05) is 21.1 Å². The molecule has 18 heavy (non-hydrogen) atoms. The van der Waals surface area contributed by atoms with Crippen molar-refractivity contribution in [1.82, 2.24) is 0 Å². The standard InChI is InChI=1S/C10H20NO6P/c1-11(2,3)7-9-17-18(13,14)16-8-5-6-10(12)15-4/h5-6H,7-9H2,1-4H3/p+1/b6-5+. The minimum absolute atomic E-state index is 0.109. The van der Waals surface area contributed by atoms with Crippen molar-refractivity contribution in [3.63, 3.8) is 0 Å². The summed E-state index contributed by atoms with van der Waals surface area (Å²) in [6.07, 6.45) is 2.38. The minimum atomic E-state index is -4.06. The Morgan fingerprint density at radius 1 is 1.33 bits per heavy atom. The smallest absolute Gasteiger partial charge is 0.466 e. The van der Waals surface area contributed by atoms with Gasteiger partial charge in [0.1, 0.15) is 13.2 Å². The largest absolute Gasteiger partial charge is 0.472 e. The summed E-state index contributed by atoms with van der Waals surface area (Å²) in [5.74, 6) is -0.558. The number of phosphoric ester groups is 1. The summed E-state index contributed by atoms with van der Waals surface area (Å²) >= 11 is 0. The second-order valence-electron chi connectivity index (χ2n) is 4.54. The zero-order valence-electron chi connectivity index (χ0n) is 11.2. The molecule has 0 heterocycles. The Hall–Kier alpha value is -0.720. The molecule has 0 aromatic heterocycles. The van der Waals surface area contributed by atoms with Crippen LogP contribution < -0.4 is 0 Å². The van der Waals surface area contributed by atoms with E-state index in [1.54, 1.807) is 0 Å². The van der Waals surface area contributed by atoms with Crippen LogP contribution in [0.15, 0.2) is 12.2 Å². The highest BCUT2D eigenvalue weighted by atomic mass is 31.2. The number of hydrogen-bond acceptors (Lipinski definition) is 5. The van der Waals surface area contributed by atoms with Gasteiger partial charge in [-0.05, 0) is 0 Å². The molecule has 0 saturated carbocycles. The van der Waals surface area contributed by atoms with Gasteiger partial charge in [-0.15, -0.1) is 0 Å². The fourth-order valence-electron chi connectivity index (χ4n) is 0.817. The van der Waals surface area contributed by atoms with Crippen molar-refractivity contribution in [3.8, 4) is 0 Å². The zero-order chi connectivity index (χ0) is 14.2. The van der Waals surface area contributed by atoms with E-state index in [1.165, 1.54) is 13.2 Å². The van der Waals surface area contributed by atoms with Crippen molar-refractivity contribution in [2.24, 2.45) is 0 Å². The maximum absolute atomic E-state index is 11.4. The van der Waals surface area contributed by atoms with Gasteiger partial charge in [0.25, 0.3) is 0 Å². The molecule has 0 bridgehead atoms. The molecule has 0 rings (SSSR count). The van der Waals surface area contributed by atoms with Crippen LogP contribution in [-0.4, -0.2) is 63.4 Å². The van der Waals surface area contributed by atoms with Gasteiger partial charge < -0.3 is 14.1 Å². The Balaban J connectivity index is 3.91. The van der Waals surface area contributed by atoms with Gasteiger partial charge in [-0.25, -0.2) is 9.36 Å². The monoisotopic (exact) mass is 282 g/mol. The summed E-state index contributed by atoms with van der Waals surface area (Å²) < 4.78 is 25.7. The molecule has 0 fully saturated rings. The van der Waals surface area contributed by atoms with Gasteiger partial charge in [-0.3, -0.25) is 9.05 Å². The lowest BCUT2D eigenvalue weighted by atomic mass is 10.5. The SMILES string of the molecule is COC(=O)/C=C/COP(=O)(O)OCC[N+](C)(C)C. The number of esters is 1. The summed E-state index contributed by atoms with van der Waals surface area (Å²) in [4.78, 5) is 20.0. The van der Waals surface area contributed by atoms with E-state index in [2.05, 4.69) is 9.26 Å². The van der Waals surface area contributed by atoms with Gasteiger partial charge in [0.05, 0.1) is 34.9 Å². The van der Waals surface area contributed by atoms with E-state index < -0.39 is 13.8 Å². The Labute approximate surface area is 107 Å². The maximum atomic E-state index is 11.4. The maximum Gasteiger partial charge on any atom is 0.472 e.